The van der Waals surface area contributed by atoms with Crippen LogP contribution < -0.4 is 11.0 Å². The fourth-order valence-electron chi connectivity index (χ4n) is 2.64. The molecule has 0 spiro atoms. The van der Waals surface area contributed by atoms with Gasteiger partial charge < -0.3 is 9.15 Å². The Hall–Kier alpha value is -2.97. The van der Waals surface area contributed by atoms with Crippen molar-refractivity contribution in [2.75, 3.05) is 0 Å². The molecular formula is C19H10BrClN2O5. The van der Waals surface area contributed by atoms with Crippen molar-refractivity contribution < 1.29 is 13.9 Å². The summed E-state index contributed by atoms with van der Waals surface area (Å²) in [7, 11) is 0. The van der Waals surface area contributed by atoms with E-state index < -0.39 is 11.4 Å². The van der Waals surface area contributed by atoms with E-state index in [-0.39, 0.29) is 34.6 Å². The first kappa shape index (κ1) is 18.4. The second kappa shape index (κ2) is 7.21. The van der Waals surface area contributed by atoms with Crippen molar-refractivity contribution in [3.05, 3.63) is 90.2 Å². The number of carbonyl (C=O) groups is 1. The van der Waals surface area contributed by atoms with Gasteiger partial charge in [-0.2, -0.15) is 0 Å². The Morgan fingerprint density at radius 3 is 2.82 bits per heavy atom. The van der Waals surface area contributed by atoms with Gasteiger partial charge in [-0.1, -0.05) is 11.6 Å². The predicted molar refractivity (Wildman–Crippen MR) is 106 cm³/mol. The van der Waals surface area contributed by atoms with Crippen molar-refractivity contribution in [1.82, 2.24) is 9.38 Å². The van der Waals surface area contributed by atoms with Crippen molar-refractivity contribution in [2.24, 2.45) is 0 Å². The van der Waals surface area contributed by atoms with Crippen LogP contribution in [-0.2, 0) is 11.3 Å². The average molecular weight is 462 g/mol. The van der Waals surface area contributed by atoms with Gasteiger partial charge in [-0.25, -0.2) is 9.78 Å². The predicted octanol–water partition coefficient (Wildman–Crippen LogP) is 3.57. The highest BCUT2D eigenvalue weighted by Gasteiger charge is 2.15. The molecular weight excluding hydrogens is 452 g/mol. The zero-order valence-electron chi connectivity index (χ0n) is 14.0. The van der Waals surface area contributed by atoms with E-state index in [1.165, 1.54) is 22.6 Å². The molecule has 0 fully saturated rings. The van der Waals surface area contributed by atoms with E-state index in [0.29, 0.717) is 10.7 Å². The van der Waals surface area contributed by atoms with Gasteiger partial charge in [-0.15, -0.1) is 0 Å². The number of hydrogen-bond donors (Lipinski definition) is 0. The Bertz CT molecular complexity index is 1360. The third kappa shape index (κ3) is 3.56. The van der Waals surface area contributed by atoms with Crippen LogP contribution in [0.3, 0.4) is 0 Å². The van der Waals surface area contributed by atoms with Crippen LogP contribution in [0.4, 0.5) is 0 Å². The number of fused-ring (bicyclic) bond motifs is 2. The number of rotatable bonds is 3. The van der Waals surface area contributed by atoms with Crippen molar-refractivity contribution in [3.63, 3.8) is 0 Å². The molecule has 0 radical (unpaired) electrons. The van der Waals surface area contributed by atoms with Gasteiger partial charge in [0.25, 0.3) is 5.56 Å². The molecule has 0 atom stereocenters. The van der Waals surface area contributed by atoms with Gasteiger partial charge in [-0.05, 0) is 46.3 Å². The molecule has 9 heteroatoms. The Kier molecular flexibility index (Phi) is 4.74. The van der Waals surface area contributed by atoms with Gasteiger partial charge in [0.05, 0.1) is 11.1 Å². The zero-order valence-corrected chi connectivity index (χ0v) is 16.4. The number of esters is 1. The van der Waals surface area contributed by atoms with E-state index in [2.05, 4.69) is 20.9 Å². The largest absolute Gasteiger partial charge is 0.453 e. The van der Waals surface area contributed by atoms with Gasteiger partial charge in [0.1, 0.15) is 17.8 Å². The van der Waals surface area contributed by atoms with Gasteiger partial charge in [0.15, 0.2) is 5.43 Å². The maximum atomic E-state index is 12.3. The minimum atomic E-state index is -0.841. The second-order valence-electron chi connectivity index (χ2n) is 5.85. The highest BCUT2D eigenvalue weighted by Crippen LogP contribution is 2.18. The summed E-state index contributed by atoms with van der Waals surface area (Å²) in [5, 5.41) is 0.648. The molecule has 7 nitrogen and oxygen atoms in total. The summed E-state index contributed by atoms with van der Waals surface area (Å²) < 4.78 is 12.7. The molecule has 0 amide bonds. The summed E-state index contributed by atoms with van der Waals surface area (Å²) in [6, 6.07) is 10.2. The van der Waals surface area contributed by atoms with Crippen molar-refractivity contribution in [3.8, 4) is 0 Å². The molecule has 1 aromatic carbocycles. The number of hydrogen-bond acceptors (Lipinski definition) is 6. The fourth-order valence-corrected chi connectivity index (χ4v) is 3.15. The lowest BCUT2D eigenvalue weighted by molar-refractivity contribution is 0.0431. The maximum absolute atomic E-state index is 12.3. The summed E-state index contributed by atoms with van der Waals surface area (Å²) in [5.41, 5.74) is 0.178. The number of benzene rings is 1. The monoisotopic (exact) mass is 460 g/mol. The summed E-state index contributed by atoms with van der Waals surface area (Å²) in [6.45, 7) is -0.247. The number of aromatic nitrogens is 2. The smallest absolute Gasteiger partial charge is 0.374 e. The number of ether oxygens (including phenoxy) is 1. The molecule has 0 N–H and O–H groups in total. The van der Waals surface area contributed by atoms with Crippen LogP contribution in [0.25, 0.3) is 16.6 Å². The highest BCUT2D eigenvalue weighted by molar-refractivity contribution is 9.10. The van der Waals surface area contributed by atoms with Crippen LogP contribution in [0.5, 0.6) is 0 Å². The van der Waals surface area contributed by atoms with Crippen LogP contribution in [-0.4, -0.2) is 15.4 Å². The molecule has 0 unspecified atom stereocenters. The quantitative estimate of drug-likeness (QED) is 0.433. The summed E-state index contributed by atoms with van der Waals surface area (Å²) in [4.78, 5) is 40.9. The standard InChI is InChI=1S/C19H10BrClN2O5/c20-10-1-4-17-22-12(6-18(25)23(17)8-10)9-27-19(26)16-7-14(24)13-5-11(21)2-3-15(13)28-16/h1-8H,9H2. The van der Waals surface area contributed by atoms with E-state index in [0.717, 1.165) is 10.5 Å². The molecule has 4 rings (SSSR count). The second-order valence-corrected chi connectivity index (χ2v) is 7.20. The SMILES string of the molecule is O=C(OCc1cc(=O)n2cc(Br)ccc2n1)c1cc(=O)c2cc(Cl)ccc2o1. The van der Waals surface area contributed by atoms with Gasteiger partial charge in [-0.3, -0.25) is 14.0 Å². The number of nitrogens with zero attached hydrogens (tertiary/aromatic N) is 2. The van der Waals surface area contributed by atoms with E-state index in [1.54, 1.807) is 24.4 Å². The minimum absolute atomic E-state index is 0.219. The molecule has 0 aliphatic heterocycles. The number of carbonyl (C=O) groups excluding carboxylic acids is 1. The third-order valence-electron chi connectivity index (χ3n) is 3.92. The molecule has 0 aliphatic carbocycles. The lowest BCUT2D eigenvalue weighted by Gasteiger charge is -2.06. The lowest BCUT2D eigenvalue weighted by Crippen LogP contribution is -2.17. The Morgan fingerprint density at radius 2 is 2.00 bits per heavy atom. The maximum Gasteiger partial charge on any atom is 0.374 e. The van der Waals surface area contributed by atoms with Gasteiger partial charge >= 0.3 is 5.97 Å². The van der Waals surface area contributed by atoms with Crippen molar-refractivity contribution in [1.29, 1.82) is 0 Å². The van der Waals surface area contributed by atoms with Crippen LogP contribution in [0.2, 0.25) is 5.02 Å². The van der Waals surface area contributed by atoms with Crippen molar-refractivity contribution in [2.45, 2.75) is 6.61 Å². The molecule has 0 saturated heterocycles. The number of pyridine rings is 1. The Balaban J connectivity index is 1.59. The van der Waals surface area contributed by atoms with Crippen LogP contribution >= 0.6 is 27.5 Å². The fraction of sp³-hybridized carbons (Fsp3) is 0.0526. The van der Waals surface area contributed by atoms with Crippen LogP contribution in [0, 0.1) is 0 Å². The average Bonchev–Trinajstić information content (AvgIpc) is 2.67. The Morgan fingerprint density at radius 1 is 1.18 bits per heavy atom. The van der Waals surface area contributed by atoms with Crippen molar-refractivity contribution >= 4 is 50.1 Å². The highest BCUT2D eigenvalue weighted by atomic mass is 79.9. The topological polar surface area (TPSA) is 90.9 Å². The van der Waals surface area contributed by atoms with Crippen LogP contribution in [0.1, 0.15) is 16.2 Å². The molecule has 4 aromatic rings. The van der Waals surface area contributed by atoms with E-state index in [4.69, 9.17) is 20.8 Å². The molecule has 28 heavy (non-hydrogen) atoms. The molecule has 140 valence electrons. The Labute approximate surface area is 170 Å². The van der Waals surface area contributed by atoms with Gasteiger partial charge in [0.2, 0.25) is 5.76 Å². The normalized spacial score (nSPS) is 11.1. The van der Waals surface area contributed by atoms with Crippen LogP contribution in [0.15, 0.2) is 67.1 Å². The summed E-state index contributed by atoms with van der Waals surface area (Å²) in [6.07, 6.45) is 1.59. The van der Waals surface area contributed by atoms with Gasteiger partial charge in [0, 0.05) is 27.8 Å². The third-order valence-corrected chi connectivity index (χ3v) is 4.62. The molecule has 0 bridgehead atoms. The molecule has 3 heterocycles. The molecule has 0 saturated carbocycles. The zero-order chi connectivity index (χ0) is 19.8. The summed E-state index contributed by atoms with van der Waals surface area (Å²) >= 11 is 9.15. The van der Waals surface area contributed by atoms with E-state index >= 15 is 0 Å². The first-order chi connectivity index (χ1) is 13.4. The molecule has 3 aromatic heterocycles. The lowest BCUT2D eigenvalue weighted by atomic mass is 10.2. The minimum Gasteiger partial charge on any atom is -0.453 e. The first-order valence-corrected chi connectivity index (χ1v) is 9.16. The first-order valence-electron chi connectivity index (χ1n) is 7.99. The number of halogens is 2. The van der Waals surface area contributed by atoms with E-state index in [1.807, 2.05) is 0 Å². The molecule has 0 aliphatic rings. The summed E-state index contributed by atoms with van der Waals surface area (Å²) in [5.74, 6) is -1.09. The van der Waals surface area contributed by atoms with E-state index in [9.17, 15) is 14.4 Å².